The first-order valence-electron chi connectivity index (χ1n) is 16.2. The molecule has 4 aromatic rings. The molecule has 0 aliphatic carbocycles. The van der Waals surface area contributed by atoms with Gasteiger partial charge in [0.25, 0.3) is 5.91 Å². The molecule has 2 aliphatic heterocycles. The maximum atomic E-state index is 13.5. The van der Waals surface area contributed by atoms with E-state index < -0.39 is 22.0 Å². The van der Waals surface area contributed by atoms with Crippen LogP contribution in [0.5, 0.6) is 11.5 Å². The number of alkyl halides is 3. The summed E-state index contributed by atoms with van der Waals surface area (Å²) in [5.41, 5.74) is 3.79. The van der Waals surface area contributed by atoms with Crippen molar-refractivity contribution in [2.24, 2.45) is 0 Å². The van der Waals surface area contributed by atoms with Gasteiger partial charge in [-0.15, -0.1) is 11.3 Å². The van der Waals surface area contributed by atoms with Crippen LogP contribution in [0.3, 0.4) is 0 Å². The van der Waals surface area contributed by atoms with E-state index in [0.29, 0.717) is 28.2 Å². The molecule has 2 aromatic carbocycles. The van der Waals surface area contributed by atoms with Gasteiger partial charge in [-0.05, 0) is 99.8 Å². The predicted molar refractivity (Wildman–Crippen MR) is 187 cm³/mol. The van der Waals surface area contributed by atoms with Crippen LogP contribution in [-0.2, 0) is 21.2 Å². The van der Waals surface area contributed by atoms with Gasteiger partial charge in [0.2, 0.25) is 0 Å². The summed E-state index contributed by atoms with van der Waals surface area (Å²) in [4.78, 5) is 37.0. The van der Waals surface area contributed by atoms with Crippen molar-refractivity contribution in [3.05, 3.63) is 83.0 Å². The molecule has 51 heavy (non-hydrogen) atoms. The normalized spacial score (nSPS) is 15.9. The minimum absolute atomic E-state index is 0.206. The molecule has 272 valence electrons. The van der Waals surface area contributed by atoms with E-state index in [1.807, 2.05) is 30.5 Å². The molecular weight excluding hydrogens is 708 g/mol. The molecule has 2 aromatic heterocycles. The number of aromatic nitrogens is 2. The molecule has 0 bridgehead atoms. The summed E-state index contributed by atoms with van der Waals surface area (Å²) in [7, 11) is -3.33. The standard InChI is InChI=1S/C33H37N5O4S2.C2HF3O2/c1-23-6-5-13-34-31(23)24-18-25(20-29(19-24)42-28-7-9-30(10-8-28)44(2,40)41)32(39)36-33-35-26(22-43-33)21-37-16-11-27(12-17-37)38-14-3-4-15-38;3-2(4,5)1(6)7/h5-10,13,18-20,22,27H,3-4,11-12,14-17,21H2,1-2H3,(H,35,36,39);(H,6,7). The zero-order chi connectivity index (χ0) is 36.8. The monoisotopic (exact) mass is 745 g/mol. The van der Waals surface area contributed by atoms with E-state index in [2.05, 4.69) is 20.1 Å². The number of hydrogen-bond acceptors (Lipinski definition) is 10. The van der Waals surface area contributed by atoms with Crippen molar-refractivity contribution in [3.8, 4) is 22.8 Å². The zero-order valence-corrected chi connectivity index (χ0v) is 29.7. The number of rotatable bonds is 9. The molecule has 16 heteroatoms. The summed E-state index contributed by atoms with van der Waals surface area (Å²) in [5.74, 6) is -2.17. The van der Waals surface area contributed by atoms with Crippen LogP contribution >= 0.6 is 11.3 Å². The number of amides is 1. The van der Waals surface area contributed by atoms with Gasteiger partial charge in [0.15, 0.2) is 15.0 Å². The van der Waals surface area contributed by atoms with Gasteiger partial charge in [-0.2, -0.15) is 13.2 Å². The van der Waals surface area contributed by atoms with Crippen molar-refractivity contribution in [1.29, 1.82) is 0 Å². The molecule has 0 saturated carbocycles. The summed E-state index contributed by atoms with van der Waals surface area (Å²) in [6.07, 6.45) is 2.85. The molecule has 2 fully saturated rings. The largest absolute Gasteiger partial charge is 0.490 e. The number of hydrogen-bond donors (Lipinski definition) is 2. The molecule has 0 radical (unpaired) electrons. The number of aryl methyl sites for hydroxylation is 1. The number of likely N-dealkylation sites (tertiary alicyclic amines) is 2. The molecule has 2 saturated heterocycles. The van der Waals surface area contributed by atoms with Crippen LogP contribution < -0.4 is 10.1 Å². The first-order valence-corrected chi connectivity index (χ1v) is 19.0. The zero-order valence-electron chi connectivity index (χ0n) is 28.0. The third-order valence-electron chi connectivity index (χ3n) is 8.55. The van der Waals surface area contributed by atoms with E-state index in [1.165, 1.54) is 62.2 Å². The maximum absolute atomic E-state index is 13.5. The number of nitrogens with zero attached hydrogens (tertiary/aromatic N) is 4. The smallest absolute Gasteiger partial charge is 0.475 e. The number of ether oxygens (including phenoxy) is 1. The van der Waals surface area contributed by atoms with Gasteiger partial charge in [-0.25, -0.2) is 18.2 Å². The fourth-order valence-corrected chi connectivity index (χ4v) is 7.32. The van der Waals surface area contributed by atoms with Crippen LogP contribution in [0.15, 0.2) is 71.1 Å². The molecule has 2 N–H and O–H groups in total. The number of sulfone groups is 1. The Morgan fingerprint density at radius 2 is 1.69 bits per heavy atom. The number of anilines is 1. The maximum Gasteiger partial charge on any atom is 0.490 e. The number of benzene rings is 2. The highest BCUT2D eigenvalue weighted by Gasteiger charge is 2.38. The number of aliphatic carboxylic acids is 1. The van der Waals surface area contributed by atoms with E-state index in [9.17, 15) is 26.4 Å². The Kier molecular flexibility index (Phi) is 12.1. The lowest BCUT2D eigenvalue weighted by Crippen LogP contribution is -2.43. The summed E-state index contributed by atoms with van der Waals surface area (Å²) < 4.78 is 61.6. The number of nitrogens with one attached hydrogen (secondary N) is 1. The van der Waals surface area contributed by atoms with Crippen molar-refractivity contribution in [2.45, 2.75) is 56.3 Å². The predicted octanol–water partition coefficient (Wildman–Crippen LogP) is 6.66. The Labute approximate surface area is 298 Å². The van der Waals surface area contributed by atoms with Gasteiger partial charge in [0.05, 0.1) is 16.3 Å². The van der Waals surface area contributed by atoms with Crippen LogP contribution in [0.1, 0.15) is 47.3 Å². The van der Waals surface area contributed by atoms with Crippen molar-refractivity contribution < 1.29 is 41.0 Å². The lowest BCUT2D eigenvalue weighted by atomic mass is 10.0. The Morgan fingerprint density at radius 3 is 2.29 bits per heavy atom. The summed E-state index contributed by atoms with van der Waals surface area (Å²) in [6.45, 7) is 7.38. The SMILES string of the molecule is Cc1cccnc1-c1cc(Oc2ccc(S(C)(=O)=O)cc2)cc(C(=O)Nc2nc(CN3CCC(N4CCCC4)CC3)cs2)c1.O=C(O)C(F)(F)F. The average molecular weight is 746 g/mol. The number of carbonyl (C=O) groups excluding carboxylic acids is 1. The number of carbonyl (C=O) groups is 2. The Morgan fingerprint density at radius 1 is 1.02 bits per heavy atom. The number of piperidine rings is 1. The van der Waals surface area contributed by atoms with Crippen LogP contribution in [0.4, 0.5) is 18.3 Å². The second-order valence-electron chi connectivity index (χ2n) is 12.4. The summed E-state index contributed by atoms with van der Waals surface area (Å²) in [5, 5.41) is 12.7. The highest BCUT2D eigenvalue weighted by molar-refractivity contribution is 7.90. The van der Waals surface area contributed by atoms with Crippen LogP contribution in [0.25, 0.3) is 11.3 Å². The Balaban J connectivity index is 0.000000654. The van der Waals surface area contributed by atoms with Crippen molar-refractivity contribution >= 4 is 38.2 Å². The molecule has 4 heterocycles. The van der Waals surface area contributed by atoms with Crippen molar-refractivity contribution in [3.63, 3.8) is 0 Å². The lowest BCUT2D eigenvalue weighted by Gasteiger charge is -2.36. The topological polar surface area (TPSA) is 142 Å². The summed E-state index contributed by atoms with van der Waals surface area (Å²) >= 11 is 1.42. The molecule has 11 nitrogen and oxygen atoms in total. The van der Waals surface area contributed by atoms with E-state index in [0.717, 1.165) is 48.4 Å². The number of pyridine rings is 1. The molecule has 0 spiro atoms. The highest BCUT2D eigenvalue weighted by Crippen LogP contribution is 2.31. The van der Waals surface area contributed by atoms with Gasteiger partial charge >= 0.3 is 12.1 Å². The third kappa shape index (κ3) is 10.6. The van der Waals surface area contributed by atoms with Crippen LogP contribution in [-0.4, -0.2) is 89.8 Å². The fourth-order valence-electron chi connectivity index (χ4n) is 5.99. The molecule has 0 atom stereocenters. The molecule has 6 rings (SSSR count). The van der Waals surface area contributed by atoms with Crippen LogP contribution in [0.2, 0.25) is 0 Å². The number of carboxylic acids is 1. The first kappa shape index (κ1) is 37.9. The molecule has 1 amide bonds. The third-order valence-corrected chi connectivity index (χ3v) is 10.5. The van der Waals surface area contributed by atoms with Crippen molar-refractivity contribution in [1.82, 2.24) is 19.8 Å². The second kappa shape index (κ2) is 16.3. The minimum atomic E-state index is -5.08. The van der Waals surface area contributed by atoms with Gasteiger partial charge in [0.1, 0.15) is 11.5 Å². The van der Waals surface area contributed by atoms with E-state index in [-0.39, 0.29) is 10.8 Å². The van der Waals surface area contributed by atoms with Gasteiger partial charge in [0, 0.05) is 54.6 Å². The fraction of sp³-hybridized carbons (Fsp3) is 0.371. The molecule has 2 aliphatic rings. The molecule has 0 unspecified atom stereocenters. The lowest BCUT2D eigenvalue weighted by molar-refractivity contribution is -0.192. The number of carboxylic acid groups (broad SMARTS) is 1. The molecular formula is C35H38F3N5O6S2. The Bertz CT molecular complexity index is 1940. The van der Waals surface area contributed by atoms with Crippen LogP contribution in [0, 0.1) is 6.92 Å². The average Bonchev–Trinajstić information content (AvgIpc) is 3.78. The van der Waals surface area contributed by atoms with Gasteiger partial charge in [-0.1, -0.05) is 6.07 Å². The number of thiazole rings is 1. The second-order valence-corrected chi connectivity index (χ2v) is 15.3. The first-order chi connectivity index (χ1) is 24.2. The van der Waals surface area contributed by atoms with E-state index in [1.54, 1.807) is 30.5 Å². The quantitative estimate of drug-likeness (QED) is 0.191. The summed E-state index contributed by atoms with van der Waals surface area (Å²) in [6, 6.07) is 16.0. The Hall–Kier alpha value is -4.38. The van der Waals surface area contributed by atoms with E-state index >= 15 is 0 Å². The van der Waals surface area contributed by atoms with Gasteiger partial charge < -0.3 is 14.7 Å². The highest BCUT2D eigenvalue weighted by atomic mass is 32.2. The van der Waals surface area contributed by atoms with Gasteiger partial charge in [-0.3, -0.25) is 20.0 Å². The van der Waals surface area contributed by atoms with Crippen molar-refractivity contribution in [2.75, 3.05) is 37.8 Å². The minimum Gasteiger partial charge on any atom is -0.475 e. The van der Waals surface area contributed by atoms with E-state index in [4.69, 9.17) is 19.6 Å². The number of halogens is 3.